The fourth-order valence-electron chi connectivity index (χ4n) is 2.65. The van der Waals surface area contributed by atoms with Crippen LogP contribution in [0.1, 0.15) is 18.4 Å². The summed E-state index contributed by atoms with van der Waals surface area (Å²) in [5, 5.41) is 30.6. The molecule has 0 saturated carbocycles. The summed E-state index contributed by atoms with van der Waals surface area (Å²) in [5.41, 5.74) is 3.38. The van der Waals surface area contributed by atoms with Crippen LogP contribution >= 0.6 is 0 Å². The summed E-state index contributed by atoms with van der Waals surface area (Å²) in [5.74, 6) is -1.86. The average molecular weight is 339 g/mol. The lowest BCUT2D eigenvalue weighted by Gasteiger charge is -2.24. The van der Waals surface area contributed by atoms with E-state index in [1.165, 1.54) is 24.3 Å². The smallest absolute Gasteiger partial charge is 0.322 e. The Morgan fingerprint density at radius 2 is 2.17 bits per heavy atom. The number of nitro groups is 1. The predicted molar refractivity (Wildman–Crippen MR) is 82.1 cm³/mol. The molecule has 1 aliphatic heterocycles. The van der Waals surface area contributed by atoms with E-state index < -0.39 is 22.9 Å². The van der Waals surface area contributed by atoms with Crippen LogP contribution in [0.4, 0.5) is 11.4 Å². The van der Waals surface area contributed by atoms with Crippen molar-refractivity contribution in [1.82, 2.24) is 5.43 Å². The number of benzene rings is 1. The van der Waals surface area contributed by atoms with Crippen molar-refractivity contribution in [2.24, 2.45) is 0 Å². The lowest BCUT2D eigenvalue weighted by Crippen LogP contribution is -2.48. The van der Waals surface area contributed by atoms with Gasteiger partial charge in [0.1, 0.15) is 17.5 Å². The molecule has 3 N–H and O–H groups in total. The van der Waals surface area contributed by atoms with Gasteiger partial charge in [0, 0.05) is 24.6 Å². The van der Waals surface area contributed by atoms with Gasteiger partial charge in [0.2, 0.25) is 0 Å². The monoisotopic (exact) mass is 339 g/mol. The van der Waals surface area contributed by atoms with E-state index in [1.807, 2.05) is 0 Å². The van der Waals surface area contributed by atoms with E-state index in [1.54, 1.807) is 0 Å². The molecule has 0 aliphatic carbocycles. The number of fused-ring (bicyclic) bond motifs is 1. The second-order valence-corrected chi connectivity index (χ2v) is 5.23. The third-order valence-corrected chi connectivity index (χ3v) is 3.75. The first-order chi connectivity index (χ1) is 11.3. The van der Waals surface area contributed by atoms with Gasteiger partial charge in [0.15, 0.2) is 0 Å². The van der Waals surface area contributed by atoms with Crippen LogP contribution in [0.25, 0.3) is 0 Å². The van der Waals surface area contributed by atoms with E-state index in [0.29, 0.717) is 24.3 Å². The van der Waals surface area contributed by atoms with E-state index in [2.05, 4.69) is 5.43 Å². The summed E-state index contributed by atoms with van der Waals surface area (Å²) in [6, 6.07) is 1.63. The average Bonchev–Trinajstić information content (AvgIpc) is 2.93. The second-order valence-electron chi connectivity index (χ2n) is 5.23. The number of nitrogens with one attached hydrogen (secondary N) is 1. The van der Waals surface area contributed by atoms with E-state index in [9.17, 15) is 24.8 Å². The number of carbonyl (C=O) groups is 2. The molecular formula is C14H17N3O7. The first kappa shape index (κ1) is 17.5. The number of methoxy groups -OCH3 is 1. The Bertz CT molecular complexity index is 677. The zero-order chi connectivity index (χ0) is 17.9. The van der Waals surface area contributed by atoms with Gasteiger partial charge in [0.05, 0.1) is 12.0 Å². The fraction of sp³-hybridized carbons (Fsp3) is 0.429. The van der Waals surface area contributed by atoms with Crippen molar-refractivity contribution in [3.63, 3.8) is 0 Å². The maximum atomic E-state index is 11.3. The number of hydrazine groups is 1. The molecule has 0 amide bonds. The van der Waals surface area contributed by atoms with Crippen LogP contribution in [0.5, 0.6) is 5.75 Å². The SMILES string of the molecule is COc1ccc([N+](=O)[O-])c2c1CCN2N[C@@H](CCC(=O)O)C(=O)O. The Balaban J connectivity index is 2.31. The molecule has 2 rings (SSSR count). The topological polar surface area (TPSA) is 142 Å². The molecule has 0 radical (unpaired) electrons. The van der Waals surface area contributed by atoms with E-state index in [4.69, 9.17) is 9.84 Å². The van der Waals surface area contributed by atoms with Crippen molar-refractivity contribution in [3.8, 4) is 5.75 Å². The van der Waals surface area contributed by atoms with Gasteiger partial charge in [-0.25, -0.2) is 5.43 Å². The van der Waals surface area contributed by atoms with Crippen LogP contribution in [0.3, 0.4) is 0 Å². The molecule has 130 valence electrons. The number of aliphatic carboxylic acids is 2. The van der Waals surface area contributed by atoms with Gasteiger partial charge in [-0.05, 0) is 18.9 Å². The molecule has 0 bridgehead atoms. The van der Waals surface area contributed by atoms with Gasteiger partial charge in [0.25, 0.3) is 5.69 Å². The third-order valence-electron chi connectivity index (χ3n) is 3.75. The zero-order valence-corrected chi connectivity index (χ0v) is 12.9. The summed E-state index contributed by atoms with van der Waals surface area (Å²) < 4.78 is 5.20. The summed E-state index contributed by atoms with van der Waals surface area (Å²) in [6.07, 6.45) is -0.0302. The van der Waals surface area contributed by atoms with Gasteiger partial charge in [-0.15, -0.1) is 0 Å². The highest BCUT2D eigenvalue weighted by molar-refractivity contribution is 5.77. The largest absolute Gasteiger partial charge is 0.496 e. The molecule has 0 saturated heterocycles. The molecule has 1 aromatic carbocycles. The second kappa shape index (κ2) is 7.13. The van der Waals surface area contributed by atoms with Crippen molar-refractivity contribution in [2.75, 3.05) is 18.7 Å². The minimum atomic E-state index is -1.23. The van der Waals surface area contributed by atoms with E-state index >= 15 is 0 Å². The van der Waals surface area contributed by atoms with Crippen LogP contribution in [-0.2, 0) is 16.0 Å². The Labute approximate surface area is 136 Å². The van der Waals surface area contributed by atoms with Crippen LogP contribution < -0.4 is 15.2 Å². The molecule has 1 aromatic rings. The highest BCUT2D eigenvalue weighted by Gasteiger charge is 2.33. The number of nitro benzene ring substituents is 1. The van der Waals surface area contributed by atoms with Crippen molar-refractivity contribution in [2.45, 2.75) is 25.3 Å². The molecule has 1 atom stereocenters. The first-order valence-corrected chi connectivity index (χ1v) is 7.17. The number of carboxylic acids is 2. The lowest BCUT2D eigenvalue weighted by molar-refractivity contribution is -0.384. The molecule has 1 heterocycles. The lowest BCUT2D eigenvalue weighted by atomic mass is 10.1. The number of rotatable bonds is 8. The Hall–Kier alpha value is -2.88. The number of hydrogen-bond acceptors (Lipinski definition) is 7. The molecule has 0 aromatic heterocycles. The van der Waals surface area contributed by atoms with Crippen LogP contribution in [0.2, 0.25) is 0 Å². The van der Waals surface area contributed by atoms with Crippen LogP contribution in [0, 0.1) is 10.1 Å². The molecule has 10 heteroatoms. The van der Waals surface area contributed by atoms with Crippen molar-refractivity contribution in [1.29, 1.82) is 0 Å². The molecule has 10 nitrogen and oxygen atoms in total. The van der Waals surface area contributed by atoms with E-state index in [-0.39, 0.29) is 24.2 Å². The number of hydrogen-bond donors (Lipinski definition) is 3. The van der Waals surface area contributed by atoms with Crippen LogP contribution in [0.15, 0.2) is 12.1 Å². The Kier molecular flexibility index (Phi) is 5.19. The van der Waals surface area contributed by atoms with Crippen LogP contribution in [-0.4, -0.2) is 46.8 Å². The standard InChI is InChI=1S/C14H17N3O7/c1-24-11-4-3-10(17(22)23)13-8(11)6-7-16(13)15-9(14(20)21)2-5-12(18)19/h3-4,9,15H,2,5-7H2,1H3,(H,18,19)(H,20,21)/t9-/m0/s1. The summed E-state index contributed by atoms with van der Waals surface area (Å²) in [4.78, 5) is 32.7. The van der Waals surface area contributed by atoms with Gasteiger partial charge >= 0.3 is 11.9 Å². The Morgan fingerprint density at radius 3 is 2.71 bits per heavy atom. The maximum absolute atomic E-state index is 11.3. The quantitative estimate of drug-likeness (QED) is 0.462. The highest BCUT2D eigenvalue weighted by Crippen LogP contribution is 2.41. The summed E-state index contributed by atoms with van der Waals surface area (Å²) >= 11 is 0. The molecule has 0 spiro atoms. The Morgan fingerprint density at radius 1 is 1.46 bits per heavy atom. The normalized spacial score (nSPS) is 14.1. The van der Waals surface area contributed by atoms with Gasteiger partial charge in [-0.1, -0.05) is 0 Å². The van der Waals surface area contributed by atoms with E-state index in [0.717, 1.165) is 0 Å². The minimum absolute atomic E-state index is 0.145. The zero-order valence-electron chi connectivity index (χ0n) is 12.9. The number of ether oxygens (including phenoxy) is 1. The molecule has 0 unspecified atom stereocenters. The summed E-state index contributed by atoms with van der Waals surface area (Å²) in [7, 11) is 1.45. The molecule has 0 fully saturated rings. The third kappa shape index (κ3) is 3.54. The first-order valence-electron chi connectivity index (χ1n) is 7.17. The number of nitrogens with zero attached hydrogens (tertiary/aromatic N) is 2. The summed E-state index contributed by atoms with van der Waals surface area (Å²) in [6.45, 7) is 0.313. The van der Waals surface area contributed by atoms with Crippen molar-refractivity contribution in [3.05, 3.63) is 27.8 Å². The van der Waals surface area contributed by atoms with Gasteiger partial charge < -0.3 is 20.0 Å². The molecule has 1 aliphatic rings. The fourth-order valence-corrected chi connectivity index (χ4v) is 2.65. The van der Waals surface area contributed by atoms with Gasteiger partial charge in [-0.2, -0.15) is 0 Å². The minimum Gasteiger partial charge on any atom is -0.496 e. The maximum Gasteiger partial charge on any atom is 0.322 e. The highest BCUT2D eigenvalue weighted by atomic mass is 16.6. The van der Waals surface area contributed by atoms with Crippen molar-refractivity contribution >= 4 is 23.3 Å². The van der Waals surface area contributed by atoms with Gasteiger partial charge in [-0.3, -0.25) is 19.7 Å². The molecule has 24 heavy (non-hydrogen) atoms. The molecular weight excluding hydrogens is 322 g/mol. The van der Waals surface area contributed by atoms with Crippen molar-refractivity contribution < 1.29 is 29.5 Å². The number of carboxylic acid groups (broad SMARTS) is 2. The predicted octanol–water partition coefficient (Wildman–Crippen LogP) is 0.788. The number of anilines is 1.